The summed E-state index contributed by atoms with van der Waals surface area (Å²) in [6, 6.07) is 0. The summed E-state index contributed by atoms with van der Waals surface area (Å²) in [5.41, 5.74) is 0.386. The van der Waals surface area contributed by atoms with Crippen LogP contribution < -0.4 is 4.31 Å². The van der Waals surface area contributed by atoms with Crippen LogP contribution in [0.5, 0.6) is 0 Å². The Balaban J connectivity index is 2.14. The minimum atomic E-state index is -3.54. The van der Waals surface area contributed by atoms with Gasteiger partial charge in [0, 0.05) is 26.3 Å². The van der Waals surface area contributed by atoms with E-state index in [0.29, 0.717) is 32.0 Å². The van der Waals surface area contributed by atoms with Crippen molar-refractivity contribution in [1.82, 2.24) is 14.7 Å². The van der Waals surface area contributed by atoms with Crippen molar-refractivity contribution in [3.63, 3.8) is 0 Å². The molecule has 0 aliphatic carbocycles. The summed E-state index contributed by atoms with van der Waals surface area (Å²) in [6.45, 7) is 1.73. The standard InChI is InChI=1S/C11H18N4O4S/c1-13-8-10(7-12-13)15(20(2,17)18)9-11(16)14-3-5-19-6-4-14/h7-8H,3-6,9H2,1-2H3. The molecule has 1 saturated heterocycles. The number of aryl methyl sites for hydroxylation is 1. The molecule has 0 saturated carbocycles. The molecular formula is C11H18N4O4S. The Bertz CT molecular complexity index is 577. The van der Waals surface area contributed by atoms with Crippen molar-refractivity contribution < 1.29 is 17.9 Å². The Kier molecular flexibility index (Phi) is 4.29. The highest BCUT2D eigenvalue weighted by Gasteiger charge is 2.25. The summed E-state index contributed by atoms with van der Waals surface area (Å²) >= 11 is 0. The molecule has 0 radical (unpaired) electrons. The predicted molar refractivity (Wildman–Crippen MR) is 72.8 cm³/mol. The number of hydrogen-bond acceptors (Lipinski definition) is 5. The molecule has 2 rings (SSSR count). The Morgan fingerprint density at radius 2 is 2.10 bits per heavy atom. The molecule has 1 amide bonds. The van der Waals surface area contributed by atoms with Crippen LogP contribution in [-0.4, -0.2) is 68.1 Å². The van der Waals surface area contributed by atoms with Crippen LogP contribution in [0.4, 0.5) is 5.69 Å². The van der Waals surface area contributed by atoms with Crippen LogP contribution in [0.1, 0.15) is 0 Å². The highest BCUT2D eigenvalue weighted by molar-refractivity contribution is 7.92. The lowest BCUT2D eigenvalue weighted by atomic mass is 10.4. The monoisotopic (exact) mass is 302 g/mol. The largest absolute Gasteiger partial charge is 0.378 e. The first-order chi connectivity index (χ1) is 9.38. The molecule has 1 aromatic rings. The van der Waals surface area contributed by atoms with Crippen molar-refractivity contribution in [2.45, 2.75) is 0 Å². The molecular weight excluding hydrogens is 284 g/mol. The average molecular weight is 302 g/mol. The first-order valence-corrected chi connectivity index (χ1v) is 8.04. The number of rotatable bonds is 4. The van der Waals surface area contributed by atoms with Crippen LogP contribution >= 0.6 is 0 Å². The topological polar surface area (TPSA) is 84.7 Å². The zero-order chi connectivity index (χ0) is 14.8. The molecule has 112 valence electrons. The second-order valence-electron chi connectivity index (χ2n) is 4.63. The van der Waals surface area contributed by atoms with Gasteiger partial charge in [0.2, 0.25) is 15.9 Å². The first kappa shape index (κ1) is 14.8. The van der Waals surface area contributed by atoms with Gasteiger partial charge < -0.3 is 9.64 Å². The maximum absolute atomic E-state index is 12.2. The van der Waals surface area contributed by atoms with Gasteiger partial charge in [-0.3, -0.25) is 13.8 Å². The zero-order valence-corrected chi connectivity index (χ0v) is 12.3. The maximum Gasteiger partial charge on any atom is 0.243 e. The number of ether oxygens (including phenoxy) is 1. The van der Waals surface area contributed by atoms with Crippen molar-refractivity contribution in [2.75, 3.05) is 43.4 Å². The molecule has 0 aromatic carbocycles. The Morgan fingerprint density at radius 3 is 2.60 bits per heavy atom. The molecule has 1 aliphatic heterocycles. The van der Waals surface area contributed by atoms with Gasteiger partial charge in [0.25, 0.3) is 0 Å². The molecule has 0 atom stereocenters. The molecule has 9 heteroatoms. The third kappa shape index (κ3) is 3.48. The van der Waals surface area contributed by atoms with Crippen molar-refractivity contribution in [3.05, 3.63) is 12.4 Å². The highest BCUT2D eigenvalue weighted by Crippen LogP contribution is 2.16. The van der Waals surface area contributed by atoms with Gasteiger partial charge in [0.15, 0.2) is 0 Å². The normalized spacial score (nSPS) is 16.2. The molecule has 8 nitrogen and oxygen atoms in total. The molecule has 0 spiro atoms. The third-order valence-electron chi connectivity index (χ3n) is 3.02. The van der Waals surface area contributed by atoms with Crippen LogP contribution in [0.15, 0.2) is 12.4 Å². The molecule has 0 unspecified atom stereocenters. The number of carbonyl (C=O) groups is 1. The fraction of sp³-hybridized carbons (Fsp3) is 0.636. The van der Waals surface area contributed by atoms with E-state index in [9.17, 15) is 13.2 Å². The van der Waals surface area contributed by atoms with E-state index in [-0.39, 0.29) is 12.5 Å². The number of aromatic nitrogens is 2. The zero-order valence-electron chi connectivity index (χ0n) is 11.5. The van der Waals surface area contributed by atoms with Crippen molar-refractivity contribution in [2.24, 2.45) is 7.05 Å². The van der Waals surface area contributed by atoms with Gasteiger partial charge in [-0.2, -0.15) is 5.10 Å². The maximum atomic E-state index is 12.2. The van der Waals surface area contributed by atoms with E-state index in [1.54, 1.807) is 18.1 Å². The Labute approximate surface area is 118 Å². The summed E-state index contributed by atoms with van der Waals surface area (Å²) in [4.78, 5) is 13.8. The van der Waals surface area contributed by atoms with E-state index in [0.717, 1.165) is 10.6 Å². The molecule has 2 heterocycles. The van der Waals surface area contributed by atoms with Gasteiger partial charge >= 0.3 is 0 Å². The van der Waals surface area contributed by atoms with Crippen LogP contribution in [0, 0.1) is 0 Å². The Morgan fingerprint density at radius 1 is 1.45 bits per heavy atom. The SMILES string of the molecule is Cn1cc(N(CC(=O)N2CCOCC2)S(C)(=O)=O)cn1. The third-order valence-corrected chi connectivity index (χ3v) is 4.16. The highest BCUT2D eigenvalue weighted by atomic mass is 32.2. The van der Waals surface area contributed by atoms with Crippen LogP contribution in [0.25, 0.3) is 0 Å². The number of carbonyl (C=O) groups excluding carboxylic acids is 1. The van der Waals surface area contributed by atoms with E-state index in [1.165, 1.54) is 10.9 Å². The summed E-state index contributed by atoms with van der Waals surface area (Å²) in [7, 11) is -1.85. The van der Waals surface area contributed by atoms with E-state index >= 15 is 0 Å². The minimum Gasteiger partial charge on any atom is -0.378 e. The number of anilines is 1. The number of nitrogens with zero attached hydrogens (tertiary/aromatic N) is 4. The van der Waals surface area contributed by atoms with Gasteiger partial charge in [0.05, 0.1) is 31.4 Å². The average Bonchev–Trinajstić information content (AvgIpc) is 2.81. The minimum absolute atomic E-state index is 0.218. The summed E-state index contributed by atoms with van der Waals surface area (Å²) in [5, 5.41) is 3.94. The van der Waals surface area contributed by atoms with E-state index < -0.39 is 10.0 Å². The van der Waals surface area contributed by atoms with Crippen LogP contribution in [0.3, 0.4) is 0 Å². The van der Waals surface area contributed by atoms with Gasteiger partial charge in [-0.25, -0.2) is 8.42 Å². The second-order valence-corrected chi connectivity index (χ2v) is 6.54. The molecule has 0 bridgehead atoms. The number of amides is 1. The quantitative estimate of drug-likeness (QED) is 0.715. The fourth-order valence-electron chi connectivity index (χ4n) is 1.97. The van der Waals surface area contributed by atoms with E-state index in [1.807, 2.05) is 0 Å². The smallest absolute Gasteiger partial charge is 0.243 e. The van der Waals surface area contributed by atoms with Crippen LogP contribution in [-0.2, 0) is 26.6 Å². The number of hydrogen-bond donors (Lipinski definition) is 0. The summed E-state index contributed by atoms with van der Waals surface area (Å²) in [6.07, 6.45) is 4.06. The lowest BCUT2D eigenvalue weighted by Gasteiger charge is -2.29. The van der Waals surface area contributed by atoms with Crippen molar-refractivity contribution in [3.8, 4) is 0 Å². The molecule has 1 fully saturated rings. The first-order valence-electron chi connectivity index (χ1n) is 6.20. The molecule has 20 heavy (non-hydrogen) atoms. The van der Waals surface area contributed by atoms with Gasteiger partial charge in [-0.15, -0.1) is 0 Å². The van der Waals surface area contributed by atoms with E-state index in [4.69, 9.17) is 4.74 Å². The number of sulfonamides is 1. The second kappa shape index (κ2) is 5.80. The predicted octanol–water partition coefficient (Wildman–Crippen LogP) is -0.955. The molecule has 0 N–H and O–H groups in total. The van der Waals surface area contributed by atoms with Gasteiger partial charge in [-0.05, 0) is 0 Å². The van der Waals surface area contributed by atoms with Crippen molar-refractivity contribution >= 4 is 21.6 Å². The molecule has 1 aromatic heterocycles. The molecule has 1 aliphatic rings. The van der Waals surface area contributed by atoms with Gasteiger partial charge in [-0.1, -0.05) is 0 Å². The number of morpholine rings is 1. The lowest BCUT2D eigenvalue weighted by Crippen LogP contribution is -2.47. The summed E-state index contributed by atoms with van der Waals surface area (Å²) < 4.78 is 31.4. The van der Waals surface area contributed by atoms with E-state index in [2.05, 4.69) is 5.10 Å². The van der Waals surface area contributed by atoms with Gasteiger partial charge in [0.1, 0.15) is 6.54 Å². The summed E-state index contributed by atoms with van der Waals surface area (Å²) in [5.74, 6) is -0.234. The lowest BCUT2D eigenvalue weighted by molar-refractivity contribution is -0.133. The van der Waals surface area contributed by atoms with Crippen molar-refractivity contribution in [1.29, 1.82) is 0 Å². The fourth-order valence-corrected chi connectivity index (χ4v) is 2.79. The van der Waals surface area contributed by atoms with Crippen LogP contribution in [0.2, 0.25) is 0 Å². The Hall–Kier alpha value is -1.61.